The van der Waals surface area contributed by atoms with Crippen LogP contribution in [-0.2, 0) is 19.1 Å². The second kappa shape index (κ2) is 8.11. The van der Waals surface area contributed by atoms with E-state index >= 15 is 0 Å². The minimum absolute atomic E-state index is 0.174. The first kappa shape index (κ1) is 24.9. The number of aromatic nitrogens is 1. The van der Waals surface area contributed by atoms with Gasteiger partial charge in [-0.1, -0.05) is 29.4 Å². The van der Waals surface area contributed by atoms with E-state index in [1.807, 2.05) is 20.8 Å². The van der Waals surface area contributed by atoms with Gasteiger partial charge >= 0.3 is 0 Å². The summed E-state index contributed by atoms with van der Waals surface area (Å²) >= 11 is 0. The van der Waals surface area contributed by atoms with Gasteiger partial charge in [0.2, 0.25) is 17.7 Å². The predicted molar refractivity (Wildman–Crippen MR) is 134 cm³/mol. The van der Waals surface area contributed by atoms with E-state index in [1.165, 1.54) is 11.8 Å². The van der Waals surface area contributed by atoms with Crippen LogP contribution >= 0.6 is 0 Å². The molecular weight excluding hydrogens is 476 g/mol. The number of benzene rings is 1. The standard InChI is InChI=1S/C27H30N4O6/c1-14-12-18(30-36-14)28-22(33)19-20-24(35)31(17-9-7-8-16(13-17)15(2)32)21(23(34)29-25(3,4)5)27(20)11-10-26(19,6)37-27/h7-13,19-21H,1-6H3,(H,29,34)(H,28,30,33)/t19-,20+,21-,26+,27-/m1/s1. The van der Waals surface area contributed by atoms with Crippen molar-refractivity contribution in [1.82, 2.24) is 10.5 Å². The van der Waals surface area contributed by atoms with E-state index in [9.17, 15) is 19.2 Å². The van der Waals surface area contributed by atoms with E-state index < -0.39 is 52.3 Å². The molecule has 3 amide bonds. The highest BCUT2D eigenvalue weighted by atomic mass is 16.5. The fourth-order valence-electron chi connectivity index (χ4n) is 5.75. The van der Waals surface area contributed by atoms with Gasteiger partial charge in [0.25, 0.3) is 0 Å². The molecule has 1 aromatic heterocycles. The van der Waals surface area contributed by atoms with Crippen LogP contribution in [0.4, 0.5) is 11.5 Å². The number of carbonyl (C=O) groups is 4. The SMILES string of the molecule is CC(=O)c1cccc(N2C(=O)[C@@H]3[C@H](C(=O)Nc4cc(C)on4)[C@]4(C)C=C[C@]3(O4)[C@H]2C(=O)NC(C)(C)C)c1. The Morgan fingerprint density at radius 3 is 2.46 bits per heavy atom. The number of ketones is 1. The molecule has 0 unspecified atom stereocenters. The van der Waals surface area contributed by atoms with Crippen molar-refractivity contribution in [2.45, 2.75) is 64.3 Å². The molecule has 5 atom stereocenters. The molecule has 10 heteroatoms. The van der Waals surface area contributed by atoms with Gasteiger partial charge in [-0.3, -0.25) is 24.1 Å². The number of hydrogen-bond acceptors (Lipinski definition) is 7. The maximum atomic E-state index is 14.2. The summed E-state index contributed by atoms with van der Waals surface area (Å²) in [5, 5.41) is 9.53. The normalized spacial score (nSPS) is 29.9. The fraction of sp³-hybridized carbons (Fsp3) is 0.444. The number of rotatable bonds is 5. The summed E-state index contributed by atoms with van der Waals surface area (Å²) in [5.41, 5.74) is -2.30. The Bertz CT molecular complexity index is 1360. The quantitative estimate of drug-likeness (QED) is 0.471. The van der Waals surface area contributed by atoms with Crippen molar-refractivity contribution in [3.63, 3.8) is 0 Å². The summed E-state index contributed by atoms with van der Waals surface area (Å²) < 4.78 is 11.5. The minimum atomic E-state index is -1.38. The average Bonchev–Trinajstić information content (AvgIpc) is 3.49. The maximum Gasteiger partial charge on any atom is 0.246 e. The third-order valence-corrected chi connectivity index (χ3v) is 7.14. The van der Waals surface area contributed by atoms with Crippen molar-refractivity contribution < 1.29 is 28.4 Å². The molecule has 3 aliphatic heterocycles. The molecule has 5 rings (SSSR count). The minimum Gasteiger partial charge on any atom is -0.360 e. The number of hydrogen-bond donors (Lipinski definition) is 2. The van der Waals surface area contributed by atoms with E-state index in [0.717, 1.165) is 0 Å². The smallest absolute Gasteiger partial charge is 0.246 e. The van der Waals surface area contributed by atoms with Gasteiger partial charge in [-0.15, -0.1) is 0 Å². The summed E-state index contributed by atoms with van der Waals surface area (Å²) in [6, 6.07) is 7.04. The second-order valence-corrected chi connectivity index (χ2v) is 11.2. The number of carbonyl (C=O) groups excluding carboxylic acids is 4. The number of ether oxygens (including phenoxy) is 1. The summed E-state index contributed by atoms with van der Waals surface area (Å²) in [4.78, 5) is 55.0. The van der Waals surface area contributed by atoms with E-state index in [-0.39, 0.29) is 11.6 Å². The number of aryl methyl sites for hydroxylation is 1. The molecular formula is C27H30N4O6. The van der Waals surface area contributed by atoms with E-state index in [1.54, 1.807) is 56.3 Å². The molecule has 2 bridgehead atoms. The first-order chi connectivity index (χ1) is 17.3. The van der Waals surface area contributed by atoms with Gasteiger partial charge in [-0.25, -0.2) is 0 Å². The third-order valence-electron chi connectivity index (χ3n) is 7.14. The number of fused-ring (bicyclic) bond motifs is 1. The molecule has 0 radical (unpaired) electrons. The molecule has 2 saturated heterocycles. The first-order valence-electron chi connectivity index (χ1n) is 12.2. The summed E-state index contributed by atoms with van der Waals surface area (Å²) in [5.74, 6) is -2.65. The predicted octanol–water partition coefficient (Wildman–Crippen LogP) is 2.78. The molecule has 4 heterocycles. The molecule has 0 saturated carbocycles. The topological polar surface area (TPSA) is 131 Å². The number of nitrogens with zero attached hydrogens (tertiary/aromatic N) is 2. The lowest BCUT2D eigenvalue weighted by Gasteiger charge is -2.35. The fourth-order valence-corrected chi connectivity index (χ4v) is 5.75. The van der Waals surface area contributed by atoms with E-state index in [2.05, 4.69) is 15.8 Å². The van der Waals surface area contributed by atoms with Crippen LogP contribution in [0.2, 0.25) is 0 Å². The van der Waals surface area contributed by atoms with Crippen molar-refractivity contribution in [2.24, 2.45) is 11.8 Å². The number of amides is 3. The van der Waals surface area contributed by atoms with Gasteiger partial charge in [0.15, 0.2) is 11.6 Å². The van der Waals surface area contributed by atoms with Crippen LogP contribution in [0.15, 0.2) is 47.0 Å². The highest BCUT2D eigenvalue weighted by Gasteiger charge is 2.76. The molecule has 1 aromatic carbocycles. The number of nitrogens with one attached hydrogen (secondary N) is 2. The Balaban J connectivity index is 1.61. The van der Waals surface area contributed by atoms with Gasteiger partial charge in [0.1, 0.15) is 17.4 Å². The molecule has 1 spiro atoms. The van der Waals surface area contributed by atoms with Crippen molar-refractivity contribution in [2.75, 3.05) is 10.2 Å². The summed E-state index contributed by atoms with van der Waals surface area (Å²) in [6.07, 6.45) is 3.49. The lowest BCUT2D eigenvalue weighted by atomic mass is 9.70. The Hall–Kier alpha value is -3.79. The zero-order valence-corrected chi connectivity index (χ0v) is 21.6. The van der Waals surface area contributed by atoms with Crippen LogP contribution in [0.3, 0.4) is 0 Å². The first-order valence-corrected chi connectivity index (χ1v) is 12.2. The van der Waals surface area contributed by atoms with Gasteiger partial charge < -0.3 is 19.9 Å². The van der Waals surface area contributed by atoms with Crippen LogP contribution in [0.25, 0.3) is 0 Å². The molecule has 37 heavy (non-hydrogen) atoms. The average molecular weight is 507 g/mol. The third kappa shape index (κ3) is 3.87. The largest absolute Gasteiger partial charge is 0.360 e. The van der Waals surface area contributed by atoms with Crippen molar-refractivity contribution >= 4 is 35.0 Å². The summed E-state index contributed by atoms with van der Waals surface area (Å²) in [7, 11) is 0. The lowest BCUT2D eigenvalue weighted by Crippen LogP contribution is -2.58. The van der Waals surface area contributed by atoms with Crippen molar-refractivity contribution in [3.05, 3.63) is 53.8 Å². The van der Waals surface area contributed by atoms with Gasteiger partial charge in [-0.2, -0.15) is 0 Å². The Morgan fingerprint density at radius 1 is 1.11 bits per heavy atom. The van der Waals surface area contributed by atoms with Gasteiger partial charge in [-0.05, 0) is 53.7 Å². The zero-order chi connectivity index (χ0) is 26.9. The van der Waals surface area contributed by atoms with Gasteiger partial charge in [0.05, 0.1) is 17.4 Å². The van der Waals surface area contributed by atoms with Crippen LogP contribution in [-0.4, -0.2) is 51.4 Å². The van der Waals surface area contributed by atoms with E-state index in [0.29, 0.717) is 17.0 Å². The number of anilines is 2. The van der Waals surface area contributed by atoms with E-state index in [4.69, 9.17) is 9.26 Å². The van der Waals surface area contributed by atoms with Crippen LogP contribution in [0.1, 0.15) is 50.7 Å². The summed E-state index contributed by atoms with van der Waals surface area (Å²) in [6.45, 7) is 10.4. The molecule has 3 aliphatic rings. The highest BCUT2D eigenvalue weighted by Crippen LogP contribution is 2.60. The Labute approximate surface area is 214 Å². The Morgan fingerprint density at radius 2 is 1.84 bits per heavy atom. The molecule has 2 N–H and O–H groups in total. The highest BCUT2D eigenvalue weighted by molar-refractivity contribution is 6.12. The van der Waals surface area contributed by atoms with Crippen molar-refractivity contribution in [1.29, 1.82) is 0 Å². The van der Waals surface area contributed by atoms with Crippen LogP contribution < -0.4 is 15.5 Å². The lowest BCUT2D eigenvalue weighted by molar-refractivity contribution is -0.131. The molecule has 10 nitrogen and oxygen atoms in total. The van der Waals surface area contributed by atoms with Gasteiger partial charge in [0, 0.05) is 22.9 Å². The molecule has 2 fully saturated rings. The van der Waals surface area contributed by atoms with Crippen LogP contribution in [0, 0.1) is 18.8 Å². The zero-order valence-electron chi connectivity index (χ0n) is 21.6. The van der Waals surface area contributed by atoms with Crippen LogP contribution in [0.5, 0.6) is 0 Å². The maximum absolute atomic E-state index is 14.2. The second-order valence-electron chi connectivity index (χ2n) is 11.2. The van der Waals surface area contributed by atoms with Crippen molar-refractivity contribution in [3.8, 4) is 0 Å². The molecule has 0 aliphatic carbocycles. The monoisotopic (exact) mass is 506 g/mol. The Kier molecular flexibility index (Phi) is 5.45. The number of Topliss-reactive ketones (excluding diaryl/α,β-unsaturated/α-hetero) is 1. The molecule has 2 aromatic rings. The molecule has 194 valence electrons.